The molecule has 0 radical (unpaired) electrons. The lowest BCUT2D eigenvalue weighted by atomic mass is 9.71. The molecule has 0 heterocycles. The van der Waals surface area contributed by atoms with Crippen LogP contribution in [0.1, 0.15) is 127 Å². The van der Waals surface area contributed by atoms with Crippen LogP contribution in [0.15, 0.2) is 28.9 Å². The van der Waals surface area contributed by atoms with Gasteiger partial charge in [-0.1, -0.05) is 80.9 Å². The van der Waals surface area contributed by atoms with E-state index in [2.05, 4.69) is 62.3 Å². The van der Waals surface area contributed by atoms with Gasteiger partial charge in [-0.05, 0) is 88.8 Å². The Bertz CT molecular complexity index is 963. The summed E-state index contributed by atoms with van der Waals surface area (Å²) in [7, 11) is 0. The van der Waals surface area contributed by atoms with Gasteiger partial charge in [-0.25, -0.2) is 8.78 Å². The van der Waals surface area contributed by atoms with Crippen LogP contribution in [-0.2, 0) is 6.42 Å². The van der Waals surface area contributed by atoms with E-state index in [-0.39, 0.29) is 17.8 Å². The minimum absolute atomic E-state index is 0.109. The Kier molecular flexibility index (Phi) is 8.35. The summed E-state index contributed by atoms with van der Waals surface area (Å²) < 4.78 is 31.5. The molecule has 32 heavy (non-hydrogen) atoms. The molecule has 1 aliphatic rings. The molecule has 0 bridgehead atoms. The predicted molar refractivity (Wildman–Crippen MR) is 137 cm³/mol. The van der Waals surface area contributed by atoms with E-state index in [0.29, 0.717) is 29.4 Å². The molecule has 0 nitrogen and oxygen atoms in total. The zero-order chi connectivity index (χ0) is 24.7. The number of hydrogen-bond donors (Lipinski definition) is 0. The second-order valence-electron chi connectivity index (χ2n) is 11.1. The molecule has 0 unspecified atom stereocenters. The standard InChI is InChI=1S/C30H44F2/c1-15(2)13-24-28-23(14-22(16(3)4)21(12)29(31)30(24)32)20(11)25(17(5)6)26(18(7)8)27(28)19(9)10/h13,15-19H,14H2,1-12H3/b22-21+,24-13+,30-29-. The number of allylic oxidation sites excluding steroid dienone is 6. The van der Waals surface area contributed by atoms with E-state index in [4.69, 9.17) is 0 Å². The maximum atomic E-state index is 16.0. The van der Waals surface area contributed by atoms with E-state index < -0.39 is 11.7 Å². The molecule has 0 saturated carbocycles. The zero-order valence-electron chi connectivity index (χ0n) is 22.4. The van der Waals surface area contributed by atoms with Crippen molar-refractivity contribution in [3.05, 3.63) is 62.3 Å². The van der Waals surface area contributed by atoms with Crippen molar-refractivity contribution in [3.8, 4) is 0 Å². The Morgan fingerprint density at radius 2 is 1.16 bits per heavy atom. The molecule has 0 aromatic heterocycles. The van der Waals surface area contributed by atoms with Crippen molar-refractivity contribution in [1.29, 1.82) is 0 Å². The smallest absolute Gasteiger partial charge is 0.166 e. The van der Waals surface area contributed by atoms with Crippen LogP contribution in [0.25, 0.3) is 5.57 Å². The third kappa shape index (κ3) is 4.80. The van der Waals surface area contributed by atoms with Crippen LogP contribution in [0.5, 0.6) is 0 Å². The predicted octanol–water partition coefficient (Wildman–Crippen LogP) is 10.1. The normalized spacial score (nSPS) is 21.4. The lowest BCUT2D eigenvalue weighted by molar-refractivity contribution is 0.557. The van der Waals surface area contributed by atoms with Crippen LogP contribution in [0.2, 0.25) is 0 Å². The highest BCUT2D eigenvalue weighted by atomic mass is 19.2. The number of fused-ring (bicyclic) bond motifs is 1. The SMILES string of the molecule is CC1=C(\C(C)C)Cc2c(C)c(C(C)C)c(C(C)C)c(C(C)C)c2C(=C\C(C)C)/C(F)=C\1F. The highest BCUT2D eigenvalue weighted by Gasteiger charge is 2.32. The van der Waals surface area contributed by atoms with E-state index in [1.54, 1.807) is 6.92 Å². The molecule has 0 aliphatic heterocycles. The second-order valence-corrected chi connectivity index (χ2v) is 11.1. The summed E-state index contributed by atoms with van der Waals surface area (Å²) in [6.07, 6.45) is 2.59. The van der Waals surface area contributed by atoms with Gasteiger partial charge in [0.1, 0.15) is 0 Å². The topological polar surface area (TPSA) is 0 Å². The molecular formula is C30H44F2. The van der Waals surface area contributed by atoms with Gasteiger partial charge < -0.3 is 0 Å². The Labute approximate surface area is 195 Å². The lowest BCUT2D eigenvalue weighted by Crippen LogP contribution is -2.18. The van der Waals surface area contributed by atoms with Gasteiger partial charge in [0.15, 0.2) is 11.7 Å². The maximum Gasteiger partial charge on any atom is 0.166 e. The van der Waals surface area contributed by atoms with Crippen molar-refractivity contribution in [1.82, 2.24) is 0 Å². The molecule has 1 aromatic carbocycles. The zero-order valence-corrected chi connectivity index (χ0v) is 22.4. The molecule has 2 heteroatoms. The molecule has 0 saturated heterocycles. The molecule has 0 atom stereocenters. The minimum Gasteiger partial charge on any atom is -0.203 e. The number of rotatable bonds is 5. The van der Waals surface area contributed by atoms with Gasteiger partial charge in [-0.15, -0.1) is 0 Å². The number of benzene rings is 1. The largest absolute Gasteiger partial charge is 0.203 e. The second kappa shape index (κ2) is 10.1. The first-order valence-electron chi connectivity index (χ1n) is 12.4. The van der Waals surface area contributed by atoms with E-state index >= 15 is 8.78 Å². The first kappa shape index (κ1) is 26.6. The summed E-state index contributed by atoms with van der Waals surface area (Å²) in [4.78, 5) is 0. The molecule has 0 N–H and O–H groups in total. The van der Waals surface area contributed by atoms with Gasteiger partial charge in [0, 0.05) is 5.57 Å². The van der Waals surface area contributed by atoms with Crippen LogP contribution in [0.4, 0.5) is 8.78 Å². The van der Waals surface area contributed by atoms with Crippen LogP contribution >= 0.6 is 0 Å². The molecular weight excluding hydrogens is 398 g/mol. The van der Waals surface area contributed by atoms with Gasteiger partial charge in [-0.2, -0.15) is 0 Å². The average molecular weight is 443 g/mol. The minimum atomic E-state index is -0.705. The van der Waals surface area contributed by atoms with Crippen LogP contribution in [0, 0.1) is 18.8 Å². The number of hydrogen-bond acceptors (Lipinski definition) is 0. The van der Waals surface area contributed by atoms with Crippen LogP contribution < -0.4 is 0 Å². The summed E-state index contributed by atoms with van der Waals surface area (Å²) >= 11 is 0. The van der Waals surface area contributed by atoms with Crippen molar-refractivity contribution in [2.24, 2.45) is 11.8 Å². The fourth-order valence-corrected chi connectivity index (χ4v) is 5.47. The Hall–Kier alpha value is -1.70. The Morgan fingerprint density at radius 1 is 0.656 bits per heavy atom. The van der Waals surface area contributed by atoms with Crippen molar-refractivity contribution < 1.29 is 8.78 Å². The summed E-state index contributed by atoms with van der Waals surface area (Å²) in [5.74, 6) is -0.274. The van der Waals surface area contributed by atoms with Gasteiger partial charge in [-0.3, -0.25) is 0 Å². The van der Waals surface area contributed by atoms with E-state index in [1.807, 2.05) is 19.9 Å². The van der Waals surface area contributed by atoms with Crippen molar-refractivity contribution in [2.45, 2.75) is 107 Å². The number of halogens is 2. The Morgan fingerprint density at radius 3 is 1.56 bits per heavy atom. The van der Waals surface area contributed by atoms with Gasteiger partial charge >= 0.3 is 0 Å². The third-order valence-electron chi connectivity index (χ3n) is 6.81. The monoisotopic (exact) mass is 442 g/mol. The molecule has 2 rings (SSSR count). The molecule has 178 valence electrons. The molecule has 0 amide bonds. The van der Waals surface area contributed by atoms with Gasteiger partial charge in [0.25, 0.3) is 0 Å². The quantitative estimate of drug-likeness (QED) is 0.425. The van der Waals surface area contributed by atoms with Gasteiger partial charge in [0.05, 0.1) is 0 Å². The third-order valence-corrected chi connectivity index (χ3v) is 6.81. The first-order valence-corrected chi connectivity index (χ1v) is 12.4. The summed E-state index contributed by atoms with van der Waals surface area (Å²) in [6.45, 7) is 25.5. The van der Waals surface area contributed by atoms with Crippen molar-refractivity contribution in [2.75, 3.05) is 0 Å². The molecule has 0 spiro atoms. The molecule has 0 fully saturated rings. The Balaban J connectivity index is 3.27. The van der Waals surface area contributed by atoms with E-state index in [1.165, 1.54) is 27.8 Å². The lowest BCUT2D eigenvalue weighted by Gasteiger charge is -2.33. The fraction of sp³-hybridized carbons (Fsp3) is 0.600. The van der Waals surface area contributed by atoms with Crippen LogP contribution in [-0.4, -0.2) is 0 Å². The van der Waals surface area contributed by atoms with Crippen molar-refractivity contribution >= 4 is 5.57 Å². The first-order chi connectivity index (χ1) is 14.7. The highest BCUT2D eigenvalue weighted by Crippen LogP contribution is 2.48. The van der Waals surface area contributed by atoms with E-state index in [9.17, 15) is 0 Å². The summed E-state index contributed by atoms with van der Waals surface area (Å²) in [5.41, 5.74) is 9.17. The summed E-state index contributed by atoms with van der Waals surface area (Å²) in [6, 6.07) is 0. The average Bonchev–Trinajstić information content (AvgIpc) is 2.66. The van der Waals surface area contributed by atoms with E-state index in [0.717, 1.165) is 11.1 Å². The van der Waals surface area contributed by atoms with Gasteiger partial charge in [0.2, 0.25) is 0 Å². The molecule has 1 aliphatic carbocycles. The summed E-state index contributed by atoms with van der Waals surface area (Å²) in [5, 5.41) is 0. The maximum absolute atomic E-state index is 16.0. The fourth-order valence-electron chi connectivity index (χ4n) is 5.47. The molecule has 1 aromatic rings. The highest BCUT2D eigenvalue weighted by molar-refractivity contribution is 5.85. The van der Waals surface area contributed by atoms with Crippen molar-refractivity contribution in [3.63, 3.8) is 0 Å². The van der Waals surface area contributed by atoms with Crippen LogP contribution in [0.3, 0.4) is 0 Å².